The molecule has 1 atom stereocenters. The second kappa shape index (κ2) is 11.1. The first-order valence-corrected chi connectivity index (χ1v) is 12.3. The monoisotopic (exact) mass is 484 g/mol. The Bertz CT molecular complexity index is 1040. The summed E-state index contributed by atoms with van der Waals surface area (Å²) >= 11 is 6.12. The Morgan fingerprint density at radius 3 is 2.56 bits per heavy atom. The van der Waals surface area contributed by atoms with E-state index in [-0.39, 0.29) is 6.04 Å². The molecule has 0 unspecified atom stereocenters. The van der Waals surface area contributed by atoms with Crippen molar-refractivity contribution in [2.45, 2.75) is 38.1 Å². The summed E-state index contributed by atoms with van der Waals surface area (Å²) in [6, 6.07) is 11.5. The molecule has 0 aromatic heterocycles. The summed E-state index contributed by atoms with van der Waals surface area (Å²) in [5.74, 6) is -0.873. The van der Waals surface area contributed by atoms with E-state index in [1.807, 2.05) is 0 Å². The Hall–Kier alpha value is -2.77. The lowest BCUT2D eigenvalue weighted by atomic mass is 9.95. The quantitative estimate of drug-likeness (QED) is 0.606. The highest BCUT2D eigenvalue weighted by Crippen LogP contribution is 2.32. The number of likely N-dealkylation sites (tertiary alicyclic amines) is 1. The minimum absolute atomic E-state index is 0.0324. The molecule has 2 aliphatic heterocycles. The van der Waals surface area contributed by atoms with Gasteiger partial charge in [-0.25, -0.2) is 0 Å². The molecule has 1 fully saturated rings. The number of ether oxygens (including phenoxy) is 1. The summed E-state index contributed by atoms with van der Waals surface area (Å²) < 4.78 is 5.13. The van der Waals surface area contributed by atoms with Gasteiger partial charge in [-0.2, -0.15) is 0 Å². The molecule has 2 amide bonds. The number of methoxy groups -OCH3 is 1. The Labute approximate surface area is 206 Å². The zero-order chi connectivity index (χ0) is 24.1. The fourth-order valence-electron chi connectivity index (χ4n) is 4.90. The molecule has 2 N–H and O–H groups in total. The van der Waals surface area contributed by atoms with Crippen LogP contribution in [-0.2, 0) is 16.0 Å². The third-order valence-corrected chi connectivity index (χ3v) is 7.04. The number of carbonyl (C=O) groups is 2. The van der Waals surface area contributed by atoms with Gasteiger partial charge in [-0.3, -0.25) is 14.5 Å². The number of piperidine rings is 1. The van der Waals surface area contributed by atoms with Crippen molar-refractivity contribution >= 4 is 34.8 Å². The van der Waals surface area contributed by atoms with Gasteiger partial charge in [-0.1, -0.05) is 30.2 Å². The molecule has 2 aromatic carbocycles. The Morgan fingerprint density at radius 2 is 1.82 bits per heavy atom. The van der Waals surface area contributed by atoms with Crippen molar-refractivity contribution in [2.75, 3.05) is 50.6 Å². The maximum Gasteiger partial charge on any atom is 0.313 e. The van der Waals surface area contributed by atoms with Gasteiger partial charge < -0.3 is 20.3 Å². The second-order valence-corrected chi connectivity index (χ2v) is 9.45. The van der Waals surface area contributed by atoms with Gasteiger partial charge in [0.05, 0.1) is 18.2 Å². The first-order valence-electron chi connectivity index (χ1n) is 12.0. The number of hydrogen-bond donors (Lipinski definition) is 2. The zero-order valence-electron chi connectivity index (χ0n) is 19.9. The molecular weight excluding hydrogens is 452 g/mol. The minimum Gasteiger partial charge on any atom is -0.495 e. The normalized spacial score (nSPS) is 17.0. The standard InChI is InChI=1S/C26H33ClN4O3/c1-30-12-6-7-18-15-19(8-10-22(18)30)23(31-13-4-3-5-14-31)17-28-25(32)26(33)29-20-9-11-24(34-2)21(27)16-20/h8-11,15-16,23H,3-7,12-14,17H2,1-2H3,(H,28,32)(H,29,33)/t23-/m0/s1. The summed E-state index contributed by atoms with van der Waals surface area (Å²) in [5.41, 5.74) is 4.28. The number of carbonyl (C=O) groups excluding carboxylic acids is 2. The lowest BCUT2D eigenvalue weighted by Gasteiger charge is -2.36. The summed E-state index contributed by atoms with van der Waals surface area (Å²) in [6.07, 6.45) is 5.75. The Morgan fingerprint density at radius 1 is 1.03 bits per heavy atom. The first-order chi connectivity index (χ1) is 16.5. The van der Waals surface area contributed by atoms with Crippen molar-refractivity contribution in [1.29, 1.82) is 0 Å². The van der Waals surface area contributed by atoms with E-state index in [0.29, 0.717) is 23.0 Å². The average molecular weight is 485 g/mol. The summed E-state index contributed by atoms with van der Waals surface area (Å²) in [4.78, 5) is 29.9. The van der Waals surface area contributed by atoms with E-state index in [0.717, 1.165) is 45.3 Å². The molecule has 0 saturated carbocycles. The van der Waals surface area contributed by atoms with Crippen molar-refractivity contribution in [2.24, 2.45) is 0 Å². The number of aryl methyl sites for hydroxylation is 1. The zero-order valence-corrected chi connectivity index (χ0v) is 20.7. The van der Waals surface area contributed by atoms with E-state index in [2.05, 4.69) is 45.7 Å². The van der Waals surface area contributed by atoms with E-state index in [4.69, 9.17) is 16.3 Å². The van der Waals surface area contributed by atoms with Gasteiger partial charge in [0.25, 0.3) is 0 Å². The minimum atomic E-state index is -0.717. The van der Waals surface area contributed by atoms with Gasteiger partial charge in [0.15, 0.2) is 0 Å². The number of amides is 2. The number of anilines is 2. The Kier molecular flexibility index (Phi) is 7.95. The van der Waals surface area contributed by atoms with Crippen LogP contribution < -0.4 is 20.3 Å². The highest BCUT2D eigenvalue weighted by molar-refractivity contribution is 6.40. The van der Waals surface area contributed by atoms with E-state index in [9.17, 15) is 9.59 Å². The molecule has 2 heterocycles. The summed E-state index contributed by atoms with van der Waals surface area (Å²) in [5, 5.41) is 5.84. The lowest BCUT2D eigenvalue weighted by molar-refractivity contribution is -0.136. The van der Waals surface area contributed by atoms with Crippen molar-refractivity contribution < 1.29 is 14.3 Å². The topological polar surface area (TPSA) is 73.9 Å². The number of nitrogens with one attached hydrogen (secondary N) is 2. The number of fused-ring (bicyclic) bond motifs is 1. The fraction of sp³-hybridized carbons (Fsp3) is 0.462. The number of rotatable bonds is 6. The molecule has 2 aromatic rings. The number of hydrogen-bond acceptors (Lipinski definition) is 5. The molecular formula is C26H33ClN4O3. The van der Waals surface area contributed by atoms with Crippen molar-refractivity contribution in [3.05, 3.63) is 52.5 Å². The predicted octanol–water partition coefficient (Wildman–Crippen LogP) is 4.01. The van der Waals surface area contributed by atoms with Crippen molar-refractivity contribution in [3.63, 3.8) is 0 Å². The molecule has 4 rings (SSSR count). The maximum absolute atomic E-state index is 12.6. The third-order valence-electron chi connectivity index (χ3n) is 6.74. The summed E-state index contributed by atoms with van der Waals surface area (Å²) in [7, 11) is 3.65. The van der Waals surface area contributed by atoms with Gasteiger partial charge >= 0.3 is 11.8 Å². The smallest absolute Gasteiger partial charge is 0.313 e. The molecule has 182 valence electrons. The van der Waals surface area contributed by atoms with Crippen LogP contribution in [0.2, 0.25) is 5.02 Å². The molecule has 7 nitrogen and oxygen atoms in total. The van der Waals surface area contributed by atoms with Crippen molar-refractivity contribution in [3.8, 4) is 5.75 Å². The van der Waals surface area contributed by atoms with Crippen LogP contribution in [0.3, 0.4) is 0 Å². The third kappa shape index (κ3) is 5.65. The largest absolute Gasteiger partial charge is 0.495 e. The first kappa shape index (κ1) is 24.4. The fourth-order valence-corrected chi connectivity index (χ4v) is 5.16. The molecule has 2 aliphatic rings. The van der Waals surface area contributed by atoms with Crippen molar-refractivity contribution in [1.82, 2.24) is 10.2 Å². The Balaban J connectivity index is 1.45. The van der Waals surface area contributed by atoms with E-state index in [1.54, 1.807) is 18.2 Å². The number of halogens is 1. The van der Waals surface area contributed by atoms with Crippen LogP contribution in [0.5, 0.6) is 5.75 Å². The van der Waals surface area contributed by atoms with Crippen LogP contribution in [0.4, 0.5) is 11.4 Å². The van der Waals surface area contributed by atoms with Crippen LogP contribution in [0.15, 0.2) is 36.4 Å². The number of benzene rings is 2. The second-order valence-electron chi connectivity index (χ2n) is 9.04. The van der Waals surface area contributed by atoms with Crippen LogP contribution in [0.25, 0.3) is 0 Å². The van der Waals surface area contributed by atoms with E-state index >= 15 is 0 Å². The van der Waals surface area contributed by atoms with Gasteiger partial charge in [-0.05, 0) is 74.2 Å². The molecule has 1 saturated heterocycles. The maximum atomic E-state index is 12.6. The highest BCUT2D eigenvalue weighted by atomic mass is 35.5. The highest BCUT2D eigenvalue weighted by Gasteiger charge is 2.26. The van der Waals surface area contributed by atoms with Gasteiger partial charge in [-0.15, -0.1) is 0 Å². The van der Waals surface area contributed by atoms with Crippen LogP contribution >= 0.6 is 11.6 Å². The van der Waals surface area contributed by atoms with E-state index in [1.165, 1.54) is 30.3 Å². The number of nitrogens with zero attached hydrogens (tertiary/aromatic N) is 2. The molecule has 0 aliphatic carbocycles. The van der Waals surface area contributed by atoms with Crippen LogP contribution in [-0.4, -0.2) is 57.1 Å². The van der Waals surface area contributed by atoms with Gasteiger partial charge in [0.1, 0.15) is 5.75 Å². The molecule has 0 bridgehead atoms. The molecule has 0 spiro atoms. The lowest BCUT2D eigenvalue weighted by Crippen LogP contribution is -2.43. The van der Waals surface area contributed by atoms with Crippen LogP contribution in [0, 0.1) is 0 Å². The molecule has 34 heavy (non-hydrogen) atoms. The predicted molar refractivity (Wildman–Crippen MR) is 136 cm³/mol. The summed E-state index contributed by atoms with van der Waals surface area (Å²) in [6.45, 7) is 3.44. The van der Waals surface area contributed by atoms with E-state index < -0.39 is 11.8 Å². The molecule has 8 heteroatoms. The average Bonchev–Trinajstić information content (AvgIpc) is 2.85. The SMILES string of the molecule is COc1ccc(NC(=O)C(=O)NC[C@@H](c2ccc3c(c2)CCCN3C)N2CCCCC2)cc1Cl. The van der Waals surface area contributed by atoms with Gasteiger partial charge in [0.2, 0.25) is 0 Å². The molecule has 0 radical (unpaired) electrons. The van der Waals surface area contributed by atoms with Gasteiger partial charge in [0, 0.05) is 31.5 Å². The van der Waals surface area contributed by atoms with Crippen LogP contribution in [0.1, 0.15) is 42.9 Å².